The molecule has 6 heteroatoms. The zero-order valence-corrected chi connectivity index (χ0v) is 10.8. The lowest BCUT2D eigenvalue weighted by Gasteiger charge is -2.08. The number of H-pyrrole nitrogens is 1. The maximum atomic E-state index is 11.7. The van der Waals surface area contributed by atoms with E-state index in [9.17, 15) is 4.79 Å². The number of nitrogens with one attached hydrogen (secondary N) is 2. The number of aromatic amines is 1. The Morgan fingerprint density at radius 1 is 1.25 bits per heavy atom. The van der Waals surface area contributed by atoms with E-state index in [1.54, 1.807) is 24.5 Å². The van der Waals surface area contributed by atoms with E-state index in [0.717, 1.165) is 10.9 Å². The highest BCUT2D eigenvalue weighted by Crippen LogP contribution is 2.21. The molecule has 4 N–H and O–H groups in total. The molecule has 6 nitrogen and oxygen atoms in total. The van der Waals surface area contributed by atoms with Gasteiger partial charge in [0.25, 0.3) is 5.56 Å². The third-order valence-electron chi connectivity index (χ3n) is 2.95. The Morgan fingerprint density at radius 2 is 2.10 bits per heavy atom. The molecule has 0 aliphatic rings. The van der Waals surface area contributed by atoms with E-state index in [1.165, 1.54) is 0 Å². The van der Waals surface area contributed by atoms with Crippen molar-refractivity contribution < 1.29 is 0 Å². The fourth-order valence-electron chi connectivity index (χ4n) is 2.04. The first-order chi connectivity index (χ1) is 9.63. The Kier molecular flexibility index (Phi) is 2.83. The van der Waals surface area contributed by atoms with Crippen molar-refractivity contribution in [2.24, 2.45) is 0 Å². The number of nitrogens with two attached hydrogens (primary N) is 1. The molecule has 0 saturated heterocycles. The average Bonchev–Trinajstić information content (AvgIpc) is 2.38. The number of rotatable bonds is 2. The van der Waals surface area contributed by atoms with Gasteiger partial charge in [-0.3, -0.25) is 4.79 Å². The Hall–Kier alpha value is -2.89. The van der Waals surface area contributed by atoms with Gasteiger partial charge in [-0.15, -0.1) is 0 Å². The van der Waals surface area contributed by atoms with Gasteiger partial charge in [-0.05, 0) is 42.1 Å². The van der Waals surface area contributed by atoms with Gasteiger partial charge in [0.05, 0.1) is 5.39 Å². The molecule has 0 atom stereocenters. The maximum Gasteiger partial charge on any atom is 0.259 e. The lowest BCUT2D eigenvalue weighted by atomic mass is 10.2. The topological polar surface area (TPSA) is 96.7 Å². The third-order valence-corrected chi connectivity index (χ3v) is 2.95. The van der Waals surface area contributed by atoms with Crippen LogP contribution in [-0.4, -0.2) is 15.0 Å². The van der Waals surface area contributed by atoms with Crippen LogP contribution in [0.3, 0.4) is 0 Å². The van der Waals surface area contributed by atoms with Gasteiger partial charge in [-0.25, -0.2) is 9.97 Å². The van der Waals surface area contributed by atoms with Gasteiger partial charge in [0.15, 0.2) is 0 Å². The quantitative estimate of drug-likeness (QED) is 0.659. The van der Waals surface area contributed by atoms with Crippen LogP contribution < -0.4 is 16.6 Å². The maximum absolute atomic E-state index is 11.7. The SMILES string of the molecule is Cc1ccnc(Nc2cc3cc[nH]c(=O)c3c(N)n2)c1. The molecule has 3 rings (SSSR count). The molecule has 3 aromatic heterocycles. The normalized spacial score (nSPS) is 10.7. The second-order valence-corrected chi connectivity index (χ2v) is 4.51. The van der Waals surface area contributed by atoms with E-state index < -0.39 is 0 Å². The van der Waals surface area contributed by atoms with E-state index in [0.29, 0.717) is 17.0 Å². The number of hydrogen-bond acceptors (Lipinski definition) is 5. The summed E-state index contributed by atoms with van der Waals surface area (Å²) >= 11 is 0. The molecular formula is C14H13N5O. The summed E-state index contributed by atoms with van der Waals surface area (Å²) in [6.07, 6.45) is 3.30. The fourth-order valence-corrected chi connectivity index (χ4v) is 2.04. The number of anilines is 3. The molecule has 0 saturated carbocycles. The van der Waals surface area contributed by atoms with E-state index >= 15 is 0 Å². The van der Waals surface area contributed by atoms with Gasteiger partial charge in [0.1, 0.15) is 17.5 Å². The zero-order valence-electron chi connectivity index (χ0n) is 10.8. The van der Waals surface area contributed by atoms with Crippen molar-refractivity contribution in [3.05, 3.63) is 52.6 Å². The van der Waals surface area contributed by atoms with Crippen LogP contribution in [0, 0.1) is 6.92 Å². The van der Waals surface area contributed by atoms with Gasteiger partial charge in [-0.1, -0.05) is 0 Å². The van der Waals surface area contributed by atoms with Crippen molar-refractivity contribution in [1.29, 1.82) is 0 Å². The zero-order chi connectivity index (χ0) is 14.1. The van der Waals surface area contributed by atoms with Gasteiger partial charge in [0.2, 0.25) is 0 Å². The van der Waals surface area contributed by atoms with Crippen molar-refractivity contribution in [3.63, 3.8) is 0 Å². The van der Waals surface area contributed by atoms with Crippen molar-refractivity contribution in [1.82, 2.24) is 15.0 Å². The van der Waals surface area contributed by atoms with Gasteiger partial charge in [0, 0.05) is 12.4 Å². The number of aryl methyl sites for hydroxylation is 1. The Morgan fingerprint density at radius 3 is 2.90 bits per heavy atom. The summed E-state index contributed by atoms with van der Waals surface area (Å²) in [6.45, 7) is 1.98. The van der Waals surface area contributed by atoms with Crippen LogP contribution in [-0.2, 0) is 0 Å². The molecule has 3 aromatic rings. The molecule has 100 valence electrons. The number of pyridine rings is 3. The number of nitrogens with zero attached hydrogens (tertiary/aromatic N) is 2. The highest BCUT2D eigenvalue weighted by atomic mass is 16.1. The molecule has 0 aromatic carbocycles. The van der Waals surface area contributed by atoms with Crippen molar-refractivity contribution in [3.8, 4) is 0 Å². The fraction of sp³-hybridized carbons (Fsp3) is 0.0714. The first-order valence-electron chi connectivity index (χ1n) is 6.11. The number of nitrogen functional groups attached to an aromatic ring is 1. The summed E-state index contributed by atoms with van der Waals surface area (Å²) in [5, 5.41) is 4.21. The second-order valence-electron chi connectivity index (χ2n) is 4.51. The highest BCUT2D eigenvalue weighted by Gasteiger charge is 2.07. The molecule has 0 bridgehead atoms. The first-order valence-corrected chi connectivity index (χ1v) is 6.11. The van der Waals surface area contributed by atoms with Crippen molar-refractivity contribution in [2.75, 3.05) is 11.1 Å². The summed E-state index contributed by atoms with van der Waals surface area (Å²) < 4.78 is 0. The van der Waals surface area contributed by atoms with Crippen LogP contribution in [0.15, 0.2) is 41.5 Å². The second kappa shape index (κ2) is 4.65. The molecule has 0 unspecified atom stereocenters. The predicted molar refractivity (Wildman–Crippen MR) is 79.0 cm³/mol. The molecule has 0 fully saturated rings. The van der Waals surface area contributed by atoms with Crippen molar-refractivity contribution >= 4 is 28.2 Å². The number of hydrogen-bond donors (Lipinski definition) is 3. The first kappa shape index (κ1) is 12.2. The lowest BCUT2D eigenvalue weighted by molar-refractivity contribution is 1.23. The van der Waals surface area contributed by atoms with Crippen LogP contribution in [0.25, 0.3) is 10.8 Å². The molecular weight excluding hydrogens is 254 g/mol. The summed E-state index contributed by atoms with van der Waals surface area (Å²) in [6, 6.07) is 7.36. The lowest BCUT2D eigenvalue weighted by Crippen LogP contribution is -2.09. The van der Waals surface area contributed by atoms with E-state index in [2.05, 4.69) is 20.3 Å². The smallest absolute Gasteiger partial charge is 0.259 e. The Labute approximate surface area is 114 Å². The summed E-state index contributed by atoms with van der Waals surface area (Å²) in [4.78, 5) is 22.7. The van der Waals surface area contributed by atoms with Crippen molar-refractivity contribution in [2.45, 2.75) is 6.92 Å². The molecule has 20 heavy (non-hydrogen) atoms. The van der Waals surface area contributed by atoms with Crippen LogP contribution in [0.4, 0.5) is 17.5 Å². The third kappa shape index (κ3) is 2.18. The van der Waals surface area contributed by atoms with Gasteiger partial charge < -0.3 is 16.0 Å². The molecule has 0 radical (unpaired) electrons. The van der Waals surface area contributed by atoms with Crippen LogP contribution >= 0.6 is 0 Å². The minimum atomic E-state index is -0.243. The molecule has 0 aliphatic carbocycles. The minimum Gasteiger partial charge on any atom is -0.383 e. The average molecular weight is 267 g/mol. The predicted octanol–water partition coefficient (Wildman–Crippen LogP) is 1.95. The molecule has 0 spiro atoms. The Bertz CT molecular complexity index is 840. The van der Waals surface area contributed by atoms with Gasteiger partial charge in [-0.2, -0.15) is 0 Å². The van der Waals surface area contributed by atoms with E-state index in [4.69, 9.17) is 5.73 Å². The summed E-state index contributed by atoms with van der Waals surface area (Å²) in [5.74, 6) is 1.43. The number of aromatic nitrogens is 3. The van der Waals surface area contributed by atoms with Gasteiger partial charge >= 0.3 is 0 Å². The van der Waals surface area contributed by atoms with E-state index in [1.807, 2.05) is 19.1 Å². The minimum absolute atomic E-state index is 0.194. The van der Waals surface area contributed by atoms with Crippen LogP contribution in [0.1, 0.15) is 5.56 Å². The van der Waals surface area contributed by atoms with Crippen LogP contribution in [0.2, 0.25) is 0 Å². The number of fused-ring (bicyclic) bond motifs is 1. The van der Waals surface area contributed by atoms with E-state index in [-0.39, 0.29) is 11.4 Å². The standard InChI is InChI=1S/C14H13N5O/c1-8-2-4-16-10(6-8)18-11-7-9-3-5-17-14(20)12(9)13(15)19-11/h2-7H,1H3,(H,17,20)(H3,15,16,18,19). The summed E-state index contributed by atoms with van der Waals surface area (Å²) in [7, 11) is 0. The molecule has 0 aliphatic heterocycles. The summed E-state index contributed by atoms with van der Waals surface area (Å²) in [5.41, 5.74) is 6.70. The monoisotopic (exact) mass is 267 g/mol. The molecule has 3 heterocycles. The highest BCUT2D eigenvalue weighted by molar-refractivity contribution is 5.92. The van der Waals surface area contributed by atoms with Crippen LogP contribution in [0.5, 0.6) is 0 Å². The Balaban J connectivity index is 2.07. The largest absolute Gasteiger partial charge is 0.383 e. The molecule has 0 amide bonds.